The standard InChI is InChI=1S/C18H14N2O4S/c1-20-16(22)15(9-11-5-7-14(21)8-6-11)25-18(20)19-13-4-2-3-12(10-13)17(23)24/h2-10,21H,1H3,(H,23,24)/b15-9+,19-18?. The Balaban J connectivity index is 1.89. The molecule has 0 bridgehead atoms. The predicted octanol–water partition coefficient (Wildman–Crippen LogP) is 3.32. The Morgan fingerprint density at radius 2 is 1.92 bits per heavy atom. The number of carboxylic acid groups (broad SMARTS) is 1. The number of carbonyl (C=O) groups excluding carboxylic acids is 1. The van der Waals surface area contributed by atoms with Crippen LogP contribution < -0.4 is 0 Å². The minimum Gasteiger partial charge on any atom is -0.508 e. The van der Waals surface area contributed by atoms with Gasteiger partial charge in [0.2, 0.25) is 0 Å². The van der Waals surface area contributed by atoms with Gasteiger partial charge >= 0.3 is 5.97 Å². The summed E-state index contributed by atoms with van der Waals surface area (Å²) in [6.45, 7) is 0. The Hall–Kier alpha value is -3.06. The van der Waals surface area contributed by atoms with Gasteiger partial charge in [-0.2, -0.15) is 0 Å². The first-order valence-corrected chi connectivity index (χ1v) is 8.14. The number of aromatic carboxylic acids is 1. The molecule has 1 aliphatic heterocycles. The molecule has 0 aliphatic carbocycles. The van der Waals surface area contributed by atoms with Crippen LogP contribution in [0.3, 0.4) is 0 Å². The number of phenols is 1. The molecule has 0 unspecified atom stereocenters. The van der Waals surface area contributed by atoms with E-state index in [1.54, 1.807) is 49.5 Å². The third kappa shape index (κ3) is 3.72. The van der Waals surface area contributed by atoms with Gasteiger partial charge in [-0.05, 0) is 53.7 Å². The van der Waals surface area contributed by atoms with E-state index >= 15 is 0 Å². The van der Waals surface area contributed by atoms with E-state index < -0.39 is 5.97 Å². The van der Waals surface area contributed by atoms with Crippen LogP contribution in [0.25, 0.3) is 6.08 Å². The van der Waals surface area contributed by atoms with Crippen LogP contribution in [0.4, 0.5) is 5.69 Å². The Morgan fingerprint density at radius 1 is 1.20 bits per heavy atom. The highest BCUT2D eigenvalue weighted by Gasteiger charge is 2.30. The van der Waals surface area contributed by atoms with Crippen molar-refractivity contribution in [2.45, 2.75) is 0 Å². The lowest BCUT2D eigenvalue weighted by atomic mass is 10.2. The summed E-state index contributed by atoms with van der Waals surface area (Å²) in [7, 11) is 1.62. The zero-order valence-corrected chi connectivity index (χ0v) is 14.0. The van der Waals surface area contributed by atoms with Gasteiger partial charge in [0.05, 0.1) is 16.2 Å². The van der Waals surface area contributed by atoms with Crippen molar-refractivity contribution >= 4 is 40.6 Å². The fraction of sp³-hybridized carbons (Fsp3) is 0.0556. The number of hydrogen-bond acceptors (Lipinski definition) is 5. The van der Waals surface area contributed by atoms with Crippen molar-refractivity contribution in [2.75, 3.05) is 7.05 Å². The summed E-state index contributed by atoms with van der Waals surface area (Å²) in [5.74, 6) is -1.06. The first kappa shape index (κ1) is 16.8. The maximum Gasteiger partial charge on any atom is 0.335 e. The summed E-state index contributed by atoms with van der Waals surface area (Å²) < 4.78 is 0. The average Bonchev–Trinajstić information content (AvgIpc) is 2.85. The molecule has 1 heterocycles. The van der Waals surface area contributed by atoms with Crippen molar-refractivity contribution in [1.82, 2.24) is 4.90 Å². The van der Waals surface area contributed by atoms with E-state index in [0.29, 0.717) is 15.8 Å². The predicted molar refractivity (Wildman–Crippen MR) is 96.9 cm³/mol. The molecule has 1 amide bonds. The van der Waals surface area contributed by atoms with Crippen molar-refractivity contribution in [3.05, 3.63) is 64.6 Å². The number of benzene rings is 2. The van der Waals surface area contributed by atoms with E-state index in [1.165, 1.54) is 28.8 Å². The van der Waals surface area contributed by atoms with Crippen LogP contribution in [0, 0.1) is 0 Å². The van der Waals surface area contributed by atoms with Crippen LogP contribution in [0.5, 0.6) is 5.75 Å². The van der Waals surface area contributed by atoms with Crippen molar-refractivity contribution in [1.29, 1.82) is 0 Å². The summed E-state index contributed by atoms with van der Waals surface area (Å²) in [6, 6.07) is 12.7. The Bertz CT molecular complexity index is 904. The van der Waals surface area contributed by atoms with Gasteiger partial charge in [0.25, 0.3) is 5.91 Å². The highest BCUT2D eigenvalue weighted by atomic mass is 32.2. The number of nitrogens with zero attached hydrogens (tertiary/aromatic N) is 2. The van der Waals surface area contributed by atoms with Crippen molar-refractivity contribution < 1.29 is 19.8 Å². The number of thioether (sulfide) groups is 1. The first-order chi connectivity index (χ1) is 11.9. The molecule has 7 heteroatoms. The topological polar surface area (TPSA) is 90.2 Å². The van der Waals surface area contributed by atoms with Crippen LogP contribution in [0.2, 0.25) is 0 Å². The number of hydrogen-bond donors (Lipinski definition) is 2. The van der Waals surface area contributed by atoms with Crippen molar-refractivity contribution in [3.63, 3.8) is 0 Å². The molecule has 1 fully saturated rings. The molecule has 0 spiro atoms. The number of likely N-dealkylation sites (N-methyl/N-ethyl adjacent to an activating group) is 1. The fourth-order valence-electron chi connectivity index (χ4n) is 2.19. The van der Waals surface area contributed by atoms with E-state index in [9.17, 15) is 14.7 Å². The monoisotopic (exact) mass is 354 g/mol. The van der Waals surface area contributed by atoms with Crippen LogP contribution >= 0.6 is 11.8 Å². The maximum atomic E-state index is 12.4. The number of amidine groups is 1. The van der Waals surface area contributed by atoms with Crippen LogP contribution in [0.1, 0.15) is 15.9 Å². The molecule has 0 atom stereocenters. The number of carbonyl (C=O) groups is 2. The van der Waals surface area contributed by atoms with Gasteiger partial charge in [-0.3, -0.25) is 9.69 Å². The minimum absolute atomic E-state index is 0.138. The first-order valence-electron chi connectivity index (χ1n) is 7.33. The van der Waals surface area contributed by atoms with Crippen molar-refractivity contribution in [3.8, 4) is 5.75 Å². The van der Waals surface area contributed by atoms with Gasteiger partial charge in [-0.25, -0.2) is 9.79 Å². The van der Waals surface area contributed by atoms with Gasteiger partial charge in [-0.1, -0.05) is 18.2 Å². The maximum absolute atomic E-state index is 12.4. The number of aromatic hydroxyl groups is 1. The summed E-state index contributed by atoms with van der Waals surface area (Å²) in [5.41, 5.74) is 1.39. The molecule has 3 rings (SSSR count). The molecule has 0 radical (unpaired) electrons. The molecule has 1 aliphatic rings. The number of carboxylic acids is 1. The van der Waals surface area contributed by atoms with Gasteiger partial charge in [0.15, 0.2) is 5.17 Å². The van der Waals surface area contributed by atoms with Gasteiger partial charge in [0.1, 0.15) is 5.75 Å². The molecule has 2 N–H and O–H groups in total. The fourth-order valence-corrected chi connectivity index (χ4v) is 3.18. The number of phenolic OH excluding ortho intramolecular Hbond substituents is 1. The van der Waals surface area contributed by atoms with E-state index in [2.05, 4.69) is 4.99 Å². The molecule has 0 saturated carbocycles. The summed E-state index contributed by atoms with van der Waals surface area (Å²) in [5, 5.41) is 18.8. The molecule has 126 valence electrons. The summed E-state index contributed by atoms with van der Waals surface area (Å²) in [4.78, 5) is 29.7. The van der Waals surface area contributed by atoms with Gasteiger partial charge < -0.3 is 10.2 Å². The zero-order valence-electron chi connectivity index (χ0n) is 13.2. The number of aliphatic imine (C=N–C) groups is 1. The Morgan fingerprint density at radius 3 is 2.60 bits per heavy atom. The third-order valence-electron chi connectivity index (χ3n) is 3.51. The molecule has 2 aromatic rings. The van der Waals surface area contributed by atoms with Gasteiger partial charge in [-0.15, -0.1) is 0 Å². The molecule has 6 nitrogen and oxygen atoms in total. The third-order valence-corrected chi connectivity index (χ3v) is 4.57. The second kappa shape index (κ2) is 6.82. The van der Waals surface area contributed by atoms with Crippen LogP contribution in [0.15, 0.2) is 58.4 Å². The van der Waals surface area contributed by atoms with Gasteiger partial charge in [0, 0.05) is 7.05 Å². The number of rotatable bonds is 3. The van der Waals surface area contributed by atoms with E-state index in [0.717, 1.165) is 5.56 Å². The zero-order chi connectivity index (χ0) is 18.0. The minimum atomic E-state index is -1.03. The summed E-state index contributed by atoms with van der Waals surface area (Å²) >= 11 is 1.21. The average molecular weight is 354 g/mol. The Labute approximate surface area is 148 Å². The smallest absolute Gasteiger partial charge is 0.335 e. The highest BCUT2D eigenvalue weighted by Crippen LogP contribution is 2.33. The van der Waals surface area contributed by atoms with E-state index in [1.807, 2.05) is 0 Å². The van der Waals surface area contributed by atoms with E-state index in [4.69, 9.17) is 5.11 Å². The SMILES string of the molecule is CN1C(=O)/C(=C\c2ccc(O)cc2)SC1=Nc1cccc(C(=O)O)c1. The molecule has 0 aromatic heterocycles. The van der Waals surface area contributed by atoms with Crippen LogP contribution in [-0.2, 0) is 4.79 Å². The second-order valence-electron chi connectivity index (χ2n) is 5.32. The normalized spacial score (nSPS) is 17.5. The summed E-state index contributed by atoms with van der Waals surface area (Å²) in [6.07, 6.45) is 1.72. The van der Waals surface area contributed by atoms with Crippen molar-refractivity contribution in [2.24, 2.45) is 4.99 Å². The lowest BCUT2D eigenvalue weighted by Gasteiger charge is -2.07. The highest BCUT2D eigenvalue weighted by molar-refractivity contribution is 8.18. The molecule has 2 aromatic carbocycles. The molecule has 25 heavy (non-hydrogen) atoms. The lowest BCUT2D eigenvalue weighted by molar-refractivity contribution is -0.121. The van der Waals surface area contributed by atoms with Crippen LogP contribution in [-0.4, -0.2) is 39.2 Å². The number of amides is 1. The lowest BCUT2D eigenvalue weighted by Crippen LogP contribution is -2.23. The molecule has 1 saturated heterocycles. The largest absolute Gasteiger partial charge is 0.508 e. The molecular formula is C18H14N2O4S. The quantitative estimate of drug-likeness (QED) is 0.825. The molecular weight excluding hydrogens is 340 g/mol. The Kier molecular flexibility index (Phi) is 4.58. The van der Waals surface area contributed by atoms with E-state index in [-0.39, 0.29) is 17.2 Å². The second-order valence-corrected chi connectivity index (χ2v) is 6.33.